The van der Waals surface area contributed by atoms with Gasteiger partial charge in [0.05, 0.1) is 13.7 Å². The monoisotopic (exact) mass is 345 g/mol. The van der Waals surface area contributed by atoms with Gasteiger partial charge in [0.1, 0.15) is 0 Å². The Labute approximate surface area is 149 Å². The number of carbonyl (C=O) groups is 1. The van der Waals surface area contributed by atoms with Crippen molar-refractivity contribution in [2.75, 3.05) is 20.7 Å². The molecule has 0 spiro atoms. The van der Waals surface area contributed by atoms with Crippen LogP contribution in [0.25, 0.3) is 0 Å². The molecule has 0 aliphatic heterocycles. The van der Waals surface area contributed by atoms with Crippen LogP contribution in [0.5, 0.6) is 5.75 Å². The third kappa shape index (κ3) is 3.21. The van der Waals surface area contributed by atoms with Crippen molar-refractivity contribution >= 4 is 5.78 Å². The van der Waals surface area contributed by atoms with E-state index in [9.17, 15) is 9.18 Å². The molecular weight excluding hydrogens is 317 g/mol. The molecule has 0 aromatic heterocycles. The molecule has 4 aliphatic rings. The van der Waals surface area contributed by atoms with E-state index in [0.717, 1.165) is 42.6 Å². The molecule has 4 aliphatic carbocycles. The number of ketones is 1. The summed E-state index contributed by atoms with van der Waals surface area (Å²) in [6.45, 7) is 1.05. The zero-order chi connectivity index (χ0) is 17.6. The molecule has 4 fully saturated rings. The fourth-order valence-electron chi connectivity index (χ4n) is 6.04. The molecule has 0 radical (unpaired) electrons. The van der Waals surface area contributed by atoms with Gasteiger partial charge in [-0.25, -0.2) is 4.39 Å². The van der Waals surface area contributed by atoms with Crippen molar-refractivity contribution in [2.45, 2.75) is 45.1 Å². The number of hydrogen-bond acceptors (Lipinski definition) is 3. The average Bonchev–Trinajstić information content (AvgIpc) is 2.53. The lowest BCUT2D eigenvalue weighted by atomic mass is 9.48. The number of methoxy groups -OCH3 is 1. The van der Waals surface area contributed by atoms with Crippen LogP contribution >= 0.6 is 0 Å². The van der Waals surface area contributed by atoms with E-state index in [1.807, 2.05) is 18.0 Å². The van der Waals surface area contributed by atoms with Gasteiger partial charge in [-0.3, -0.25) is 9.69 Å². The summed E-state index contributed by atoms with van der Waals surface area (Å²) in [7, 11) is 3.43. The van der Waals surface area contributed by atoms with E-state index in [2.05, 4.69) is 0 Å². The number of nitrogens with zero attached hydrogens (tertiary/aromatic N) is 1. The summed E-state index contributed by atoms with van der Waals surface area (Å²) in [6.07, 6.45) is 7.41. The van der Waals surface area contributed by atoms with Crippen LogP contribution in [0.4, 0.5) is 4.39 Å². The molecule has 1 aromatic rings. The maximum absolute atomic E-state index is 13.9. The first-order valence-electron chi connectivity index (χ1n) is 9.52. The number of halogens is 1. The third-order valence-corrected chi connectivity index (χ3v) is 6.71. The van der Waals surface area contributed by atoms with Crippen molar-refractivity contribution in [1.29, 1.82) is 0 Å². The summed E-state index contributed by atoms with van der Waals surface area (Å²) in [5.41, 5.74) is 0.827. The summed E-state index contributed by atoms with van der Waals surface area (Å²) < 4.78 is 18.8. The Morgan fingerprint density at radius 3 is 2.32 bits per heavy atom. The highest BCUT2D eigenvalue weighted by atomic mass is 19.1. The van der Waals surface area contributed by atoms with Crippen LogP contribution in [0.1, 0.15) is 44.1 Å². The van der Waals surface area contributed by atoms with Gasteiger partial charge in [-0.2, -0.15) is 0 Å². The van der Waals surface area contributed by atoms with Gasteiger partial charge in [-0.15, -0.1) is 0 Å². The second-order valence-electron chi connectivity index (χ2n) is 8.76. The van der Waals surface area contributed by atoms with Crippen LogP contribution in [-0.4, -0.2) is 31.4 Å². The Balaban J connectivity index is 1.40. The Morgan fingerprint density at radius 2 is 1.80 bits per heavy atom. The molecule has 4 heteroatoms. The maximum Gasteiger partial charge on any atom is 0.165 e. The number of carbonyl (C=O) groups excluding carboxylic acids is 1. The van der Waals surface area contributed by atoms with Gasteiger partial charge >= 0.3 is 0 Å². The van der Waals surface area contributed by atoms with E-state index in [0.29, 0.717) is 18.9 Å². The lowest BCUT2D eigenvalue weighted by molar-refractivity contribution is -0.144. The highest BCUT2D eigenvalue weighted by molar-refractivity contribution is 5.87. The molecule has 5 rings (SSSR count). The molecule has 0 amide bonds. The van der Waals surface area contributed by atoms with Crippen LogP contribution in [0, 0.1) is 29.0 Å². The van der Waals surface area contributed by atoms with Crippen molar-refractivity contribution in [3.8, 4) is 5.75 Å². The molecule has 136 valence electrons. The quantitative estimate of drug-likeness (QED) is 0.779. The highest BCUT2D eigenvalue weighted by Crippen LogP contribution is 2.60. The first kappa shape index (κ1) is 17.0. The first-order valence-corrected chi connectivity index (χ1v) is 9.52. The van der Waals surface area contributed by atoms with E-state index < -0.39 is 0 Å². The second kappa shape index (κ2) is 6.39. The molecule has 0 N–H and O–H groups in total. The van der Waals surface area contributed by atoms with Gasteiger partial charge < -0.3 is 4.74 Å². The molecule has 0 heterocycles. The van der Waals surface area contributed by atoms with Crippen LogP contribution in [-0.2, 0) is 11.3 Å². The standard InChI is InChI=1S/C21H28FNO2/c1-23(12-14-3-4-19(25-2)18(22)8-14)13-20(24)21-9-15-5-16(10-21)7-17(6-15)11-21/h3-4,8,15-17H,5-7,9-13H2,1-2H3. The van der Waals surface area contributed by atoms with Gasteiger partial charge in [0, 0.05) is 12.0 Å². The average molecular weight is 345 g/mol. The van der Waals surface area contributed by atoms with Gasteiger partial charge in [0.15, 0.2) is 17.3 Å². The van der Waals surface area contributed by atoms with Crippen LogP contribution in [0.2, 0.25) is 0 Å². The number of hydrogen-bond donors (Lipinski definition) is 0. The lowest BCUT2D eigenvalue weighted by Gasteiger charge is -2.56. The van der Waals surface area contributed by atoms with E-state index >= 15 is 0 Å². The predicted molar refractivity (Wildman–Crippen MR) is 94.9 cm³/mol. The van der Waals surface area contributed by atoms with Crippen molar-refractivity contribution < 1.29 is 13.9 Å². The van der Waals surface area contributed by atoms with Crippen LogP contribution < -0.4 is 4.74 Å². The molecule has 3 nitrogen and oxygen atoms in total. The summed E-state index contributed by atoms with van der Waals surface area (Å²) in [6, 6.07) is 5.03. The fraction of sp³-hybridized carbons (Fsp3) is 0.667. The molecule has 25 heavy (non-hydrogen) atoms. The maximum atomic E-state index is 13.9. The van der Waals surface area contributed by atoms with Crippen molar-refractivity contribution in [3.05, 3.63) is 29.6 Å². The minimum atomic E-state index is -0.346. The first-order chi connectivity index (χ1) is 12.0. The predicted octanol–water partition coefficient (Wildman–Crippen LogP) is 4.05. The molecular formula is C21H28FNO2. The molecule has 1 aromatic carbocycles. The summed E-state index contributed by atoms with van der Waals surface area (Å²) in [4.78, 5) is 15.2. The van der Waals surface area contributed by atoms with Crippen molar-refractivity contribution in [2.24, 2.45) is 23.2 Å². The molecule has 0 saturated heterocycles. The zero-order valence-corrected chi connectivity index (χ0v) is 15.3. The van der Waals surface area contributed by atoms with Crippen molar-refractivity contribution in [3.63, 3.8) is 0 Å². The highest BCUT2D eigenvalue weighted by Gasteiger charge is 2.54. The fourth-order valence-corrected chi connectivity index (χ4v) is 6.04. The lowest BCUT2D eigenvalue weighted by Crippen LogP contribution is -2.52. The minimum Gasteiger partial charge on any atom is -0.494 e. The summed E-state index contributed by atoms with van der Waals surface area (Å²) >= 11 is 0. The van der Waals surface area contributed by atoms with E-state index in [-0.39, 0.29) is 17.0 Å². The summed E-state index contributed by atoms with van der Waals surface area (Å²) in [5.74, 6) is 2.70. The second-order valence-corrected chi connectivity index (χ2v) is 8.76. The Hall–Kier alpha value is -1.42. The van der Waals surface area contributed by atoms with Crippen LogP contribution in [0.3, 0.4) is 0 Å². The largest absolute Gasteiger partial charge is 0.494 e. The molecule has 4 saturated carbocycles. The Bertz CT molecular complexity index is 637. The van der Waals surface area contributed by atoms with Crippen LogP contribution in [0.15, 0.2) is 18.2 Å². The Morgan fingerprint density at radius 1 is 1.20 bits per heavy atom. The minimum absolute atomic E-state index is 0.0475. The number of ether oxygens (including phenoxy) is 1. The van der Waals surface area contributed by atoms with E-state index in [1.165, 1.54) is 32.4 Å². The number of Topliss-reactive ketones (excluding diaryl/α,β-unsaturated/α-hetero) is 1. The number of rotatable bonds is 6. The smallest absolute Gasteiger partial charge is 0.165 e. The SMILES string of the molecule is COc1ccc(CN(C)CC(=O)C23CC4CC(CC(C4)C2)C3)cc1F. The van der Waals surface area contributed by atoms with Gasteiger partial charge in [0.25, 0.3) is 0 Å². The zero-order valence-electron chi connectivity index (χ0n) is 15.3. The van der Waals surface area contributed by atoms with Gasteiger partial charge in [-0.1, -0.05) is 6.07 Å². The topological polar surface area (TPSA) is 29.5 Å². The van der Waals surface area contributed by atoms with Crippen molar-refractivity contribution in [1.82, 2.24) is 4.90 Å². The number of benzene rings is 1. The molecule has 0 unspecified atom stereocenters. The molecule has 4 bridgehead atoms. The summed E-state index contributed by atoms with van der Waals surface area (Å²) in [5, 5.41) is 0. The van der Waals surface area contributed by atoms with E-state index in [4.69, 9.17) is 4.74 Å². The molecule has 0 atom stereocenters. The third-order valence-electron chi connectivity index (χ3n) is 6.71. The van der Waals surface area contributed by atoms with Gasteiger partial charge in [0.2, 0.25) is 0 Å². The van der Waals surface area contributed by atoms with Gasteiger partial charge in [-0.05, 0) is 81.0 Å². The van der Waals surface area contributed by atoms with E-state index in [1.54, 1.807) is 6.07 Å². The Kier molecular flexibility index (Phi) is 4.35. The number of likely N-dealkylation sites (N-methyl/N-ethyl adjacent to an activating group) is 1. The normalized spacial score (nSPS) is 33.0.